The Bertz CT molecular complexity index is 892. The predicted octanol–water partition coefficient (Wildman–Crippen LogP) is 2.34. The van der Waals surface area contributed by atoms with E-state index in [-0.39, 0.29) is 0 Å². The molecule has 1 aromatic carbocycles. The van der Waals surface area contributed by atoms with Crippen molar-refractivity contribution in [3.8, 4) is 0 Å². The standard InChI is InChI=1S/C19H25N5O2S/c1-3-20-19-21-16(2)15-18(22-19)23-10-12-24(13-11-23)27(25,26)14-9-17-7-5-4-6-8-17/h4-9,14-15H,3,10-13H2,1-2H3,(H,20,21,22)/b14-9+. The average molecular weight is 388 g/mol. The summed E-state index contributed by atoms with van der Waals surface area (Å²) < 4.78 is 26.7. The maximum Gasteiger partial charge on any atom is 0.236 e. The Labute approximate surface area is 160 Å². The van der Waals surface area contributed by atoms with Gasteiger partial charge in [-0.1, -0.05) is 30.3 Å². The maximum absolute atomic E-state index is 12.6. The molecule has 2 aromatic rings. The minimum Gasteiger partial charge on any atom is -0.354 e. The van der Waals surface area contributed by atoms with Crippen LogP contribution in [0.4, 0.5) is 11.8 Å². The highest BCUT2D eigenvalue weighted by Crippen LogP contribution is 2.19. The van der Waals surface area contributed by atoms with Crippen molar-refractivity contribution < 1.29 is 8.42 Å². The Balaban J connectivity index is 1.65. The van der Waals surface area contributed by atoms with Crippen molar-refractivity contribution in [2.75, 3.05) is 42.9 Å². The van der Waals surface area contributed by atoms with E-state index in [2.05, 4.69) is 20.2 Å². The van der Waals surface area contributed by atoms with E-state index in [9.17, 15) is 8.42 Å². The summed E-state index contributed by atoms with van der Waals surface area (Å²) in [5, 5.41) is 4.42. The lowest BCUT2D eigenvalue weighted by atomic mass is 10.2. The van der Waals surface area contributed by atoms with Gasteiger partial charge in [-0.2, -0.15) is 9.29 Å². The lowest BCUT2D eigenvalue weighted by Gasteiger charge is -2.34. The third kappa shape index (κ3) is 5.05. The zero-order valence-corrected chi connectivity index (χ0v) is 16.5. The number of nitrogens with zero attached hydrogens (tertiary/aromatic N) is 4. The maximum atomic E-state index is 12.6. The molecular formula is C19H25N5O2S. The highest BCUT2D eigenvalue weighted by molar-refractivity contribution is 7.92. The third-order valence-corrected chi connectivity index (χ3v) is 5.90. The van der Waals surface area contributed by atoms with Crippen molar-refractivity contribution in [1.29, 1.82) is 0 Å². The van der Waals surface area contributed by atoms with Crippen molar-refractivity contribution in [3.63, 3.8) is 0 Å². The van der Waals surface area contributed by atoms with Gasteiger partial charge in [-0.05, 0) is 25.5 Å². The number of aromatic nitrogens is 2. The predicted molar refractivity (Wildman–Crippen MR) is 109 cm³/mol. The van der Waals surface area contributed by atoms with E-state index in [0.29, 0.717) is 32.1 Å². The smallest absolute Gasteiger partial charge is 0.236 e. The largest absolute Gasteiger partial charge is 0.354 e. The first-order valence-electron chi connectivity index (χ1n) is 9.06. The first-order chi connectivity index (χ1) is 13.0. The molecule has 0 radical (unpaired) electrons. The van der Waals surface area contributed by atoms with Gasteiger partial charge in [-0.15, -0.1) is 0 Å². The lowest BCUT2D eigenvalue weighted by Crippen LogP contribution is -2.48. The lowest BCUT2D eigenvalue weighted by molar-refractivity contribution is 0.389. The molecule has 2 heterocycles. The fourth-order valence-electron chi connectivity index (χ4n) is 2.94. The minimum absolute atomic E-state index is 0.432. The fraction of sp³-hybridized carbons (Fsp3) is 0.368. The Morgan fingerprint density at radius 3 is 2.48 bits per heavy atom. The Morgan fingerprint density at radius 2 is 1.81 bits per heavy atom. The van der Waals surface area contributed by atoms with Gasteiger partial charge in [0.15, 0.2) is 0 Å². The Morgan fingerprint density at radius 1 is 1.11 bits per heavy atom. The summed E-state index contributed by atoms with van der Waals surface area (Å²) in [6.07, 6.45) is 1.64. The summed E-state index contributed by atoms with van der Waals surface area (Å²) in [6.45, 7) is 6.74. The number of aryl methyl sites for hydroxylation is 1. The second-order valence-electron chi connectivity index (χ2n) is 6.37. The molecule has 8 heteroatoms. The van der Waals surface area contributed by atoms with Gasteiger partial charge >= 0.3 is 0 Å². The SMILES string of the molecule is CCNc1nc(C)cc(N2CCN(S(=O)(=O)/C=C/c3ccccc3)CC2)n1. The second kappa shape index (κ2) is 8.49. The molecule has 1 saturated heterocycles. The quantitative estimate of drug-likeness (QED) is 0.820. The molecule has 0 unspecified atom stereocenters. The molecule has 0 saturated carbocycles. The highest BCUT2D eigenvalue weighted by Gasteiger charge is 2.26. The van der Waals surface area contributed by atoms with Gasteiger partial charge in [0.05, 0.1) is 0 Å². The Hall–Kier alpha value is -2.45. The molecule has 0 amide bonds. The van der Waals surface area contributed by atoms with Crippen molar-refractivity contribution in [2.24, 2.45) is 0 Å². The molecule has 1 aliphatic rings. The van der Waals surface area contributed by atoms with Crippen LogP contribution in [0.15, 0.2) is 41.8 Å². The van der Waals surface area contributed by atoms with Crippen molar-refractivity contribution in [1.82, 2.24) is 14.3 Å². The van der Waals surface area contributed by atoms with E-state index < -0.39 is 10.0 Å². The molecule has 144 valence electrons. The number of anilines is 2. The van der Waals surface area contributed by atoms with Crippen molar-refractivity contribution >= 4 is 27.9 Å². The molecule has 0 aliphatic carbocycles. The topological polar surface area (TPSA) is 78.4 Å². The van der Waals surface area contributed by atoms with Crippen molar-refractivity contribution in [2.45, 2.75) is 13.8 Å². The summed E-state index contributed by atoms with van der Waals surface area (Å²) >= 11 is 0. The van der Waals surface area contributed by atoms with Gasteiger partial charge in [-0.3, -0.25) is 0 Å². The van der Waals surface area contributed by atoms with Crippen LogP contribution in [0, 0.1) is 6.92 Å². The zero-order chi connectivity index (χ0) is 19.3. The second-order valence-corrected chi connectivity index (χ2v) is 8.18. The van der Waals surface area contributed by atoms with Gasteiger partial charge in [-0.25, -0.2) is 13.4 Å². The van der Waals surface area contributed by atoms with Crippen LogP contribution >= 0.6 is 0 Å². The van der Waals surface area contributed by atoms with E-state index in [0.717, 1.165) is 23.6 Å². The van der Waals surface area contributed by atoms with Crippen LogP contribution in [-0.4, -0.2) is 55.4 Å². The van der Waals surface area contributed by atoms with Crippen LogP contribution in [0.5, 0.6) is 0 Å². The average Bonchev–Trinajstić information content (AvgIpc) is 2.67. The number of hydrogen-bond donors (Lipinski definition) is 1. The molecular weight excluding hydrogens is 362 g/mol. The van der Waals surface area contributed by atoms with Crippen LogP contribution in [0.25, 0.3) is 6.08 Å². The van der Waals surface area contributed by atoms with Crippen LogP contribution in [0.2, 0.25) is 0 Å². The summed E-state index contributed by atoms with van der Waals surface area (Å²) in [5.41, 5.74) is 1.75. The van der Waals surface area contributed by atoms with E-state index >= 15 is 0 Å². The third-order valence-electron chi connectivity index (χ3n) is 4.33. The minimum atomic E-state index is -3.43. The molecule has 0 spiro atoms. The fourth-order valence-corrected chi connectivity index (χ4v) is 4.11. The first-order valence-corrected chi connectivity index (χ1v) is 10.6. The van der Waals surface area contributed by atoms with Crippen LogP contribution in [0.3, 0.4) is 0 Å². The van der Waals surface area contributed by atoms with E-state index in [1.165, 1.54) is 9.71 Å². The van der Waals surface area contributed by atoms with E-state index in [1.807, 2.05) is 50.2 Å². The summed E-state index contributed by atoms with van der Waals surface area (Å²) in [5.74, 6) is 1.43. The number of hydrogen-bond acceptors (Lipinski definition) is 6. The molecule has 7 nitrogen and oxygen atoms in total. The van der Waals surface area contributed by atoms with Gasteiger partial charge < -0.3 is 10.2 Å². The zero-order valence-electron chi connectivity index (χ0n) is 15.7. The summed E-state index contributed by atoms with van der Waals surface area (Å²) in [6, 6.07) is 11.4. The first kappa shape index (κ1) is 19.3. The molecule has 3 rings (SSSR count). The van der Waals surface area contributed by atoms with Crippen LogP contribution < -0.4 is 10.2 Å². The molecule has 0 bridgehead atoms. The van der Waals surface area contributed by atoms with Crippen LogP contribution in [0.1, 0.15) is 18.2 Å². The van der Waals surface area contributed by atoms with Gasteiger partial charge in [0.1, 0.15) is 5.82 Å². The molecule has 1 N–H and O–H groups in total. The highest BCUT2D eigenvalue weighted by atomic mass is 32.2. The summed E-state index contributed by atoms with van der Waals surface area (Å²) in [4.78, 5) is 11.0. The Kier molecular flexibility index (Phi) is 6.08. The normalized spacial score (nSPS) is 16.0. The van der Waals surface area contributed by atoms with E-state index in [1.54, 1.807) is 6.08 Å². The molecule has 1 aliphatic heterocycles. The number of benzene rings is 1. The number of nitrogens with one attached hydrogen (secondary N) is 1. The van der Waals surface area contributed by atoms with Gasteiger partial charge in [0, 0.05) is 49.9 Å². The summed E-state index contributed by atoms with van der Waals surface area (Å²) in [7, 11) is -3.43. The monoisotopic (exact) mass is 387 g/mol. The molecule has 1 fully saturated rings. The number of sulfonamides is 1. The van der Waals surface area contributed by atoms with Gasteiger partial charge in [0.25, 0.3) is 0 Å². The van der Waals surface area contributed by atoms with Gasteiger partial charge in [0.2, 0.25) is 16.0 Å². The van der Waals surface area contributed by atoms with E-state index in [4.69, 9.17) is 0 Å². The number of rotatable bonds is 6. The van der Waals surface area contributed by atoms with Crippen LogP contribution in [-0.2, 0) is 10.0 Å². The molecule has 1 aromatic heterocycles. The number of piperazine rings is 1. The van der Waals surface area contributed by atoms with Crippen molar-refractivity contribution in [3.05, 3.63) is 53.1 Å². The molecule has 0 atom stereocenters. The molecule has 27 heavy (non-hydrogen) atoms.